The molecule has 0 atom stereocenters. The standard InChI is InChI=1S/C50H34N2O/c1-4-20-36(21-5-1)51(37-22-6-2-7-23-37)46-31-15-14-27-40(46)42-30-17-33-48-49(42)44-34-47(41-28-12-13-29-43(41)50(44)53-48)52(38-24-8-3-9-25-38)45-32-16-19-35-18-10-11-26-39(35)45/h1-34H. The lowest BCUT2D eigenvalue weighted by Gasteiger charge is -2.28. The van der Waals surface area contributed by atoms with E-state index < -0.39 is 0 Å². The third-order valence-electron chi connectivity index (χ3n) is 10.2. The van der Waals surface area contributed by atoms with Crippen molar-refractivity contribution in [1.82, 2.24) is 0 Å². The van der Waals surface area contributed by atoms with Crippen molar-refractivity contribution in [3.63, 3.8) is 0 Å². The molecule has 0 fully saturated rings. The minimum atomic E-state index is 0.858. The first kappa shape index (κ1) is 30.7. The molecule has 0 spiro atoms. The van der Waals surface area contributed by atoms with Crippen LogP contribution in [0.15, 0.2) is 211 Å². The Hall–Kier alpha value is -7.10. The second-order valence-corrected chi connectivity index (χ2v) is 13.3. The first-order valence-electron chi connectivity index (χ1n) is 18.0. The summed E-state index contributed by atoms with van der Waals surface area (Å²) in [5.74, 6) is 0. The Morgan fingerprint density at radius 3 is 1.55 bits per heavy atom. The van der Waals surface area contributed by atoms with E-state index in [0.29, 0.717) is 0 Å². The zero-order chi connectivity index (χ0) is 35.1. The van der Waals surface area contributed by atoms with E-state index in [0.717, 1.165) is 78.0 Å². The molecular weight excluding hydrogens is 645 g/mol. The van der Waals surface area contributed by atoms with E-state index in [2.05, 4.69) is 216 Å². The van der Waals surface area contributed by atoms with Crippen LogP contribution < -0.4 is 9.80 Å². The molecule has 0 amide bonds. The Balaban J connectivity index is 1.28. The minimum Gasteiger partial charge on any atom is -0.455 e. The maximum Gasteiger partial charge on any atom is 0.143 e. The van der Waals surface area contributed by atoms with Gasteiger partial charge in [-0.05, 0) is 71.6 Å². The quantitative estimate of drug-likeness (QED) is 0.167. The van der Waals surface area contributed by atoms with Crippen molar-refractivity contribution < 1.29 is 4.42 Å². The highest BCUT2D eigenvalue weighted by Gasteiger charge is 2.24. The second-order valence-electron chi connectivity index (χ2n) is 13.3. The molecule has 0 saturated carbocycles. The van der Waals surface area contributed by atoms with Gasteiger partial charge in [-0.25, -0.2) is 0 Å². The normalized spacial score (nSPS) is 11.4. The summed E-state index contributed by atoms with van der Waals surface area (Å²) < 4.78 is 6.88. The van der Waals surface area contributed by atoms with Gasteiger partial charge in [-0.3, -0.25) is 0 Å². The molecule has 0 saturated heterocycles. The Kier molecular flexibility index (Phi) is 7.47. The van der Waals surface area contributed by atoms with Crippen LogP contribution in [0.1, 0.15) is 0 Å². The molecule has 3 nitrogen and oxygen atoms in total. The maximum absolute atomic E-state index is 6.88. The van der Waals surface area contributed by atoms with Crippen molar-refractivity contribution in [2.75, 3.05) is 9.80 Å². The van der Waals surface area contributed by atoms with Crippen molar-refractivity contribution in [2.45, 2.75) is 0 Å². The summed E-state index contributed by atoms with van der Waals surface area (Å²) >= 11 is 0. The number of para-hydroxylation sites is 4. The highest BCUT2D eigenvalue weighted by molar-refractivity contribution is 6.23. The van der Waals surface area contributed by atoms with Crippen molar-refractivity contribution in [1.29, 1.82) is 0 Å². The summed E-state index contributed by atoms with van der Waals surface area (Å²) in [7, 11) is 0. The van der Waals surface area contributed by atoms with E-state index in [1.807, 2.05) is 0 Å². The molecule has 1 heterocycles. The fraction of sp³-hybridized carbons (Fsp3) is 0. The number of benzene rings is 9. The maximum atomic E-state index is 6.88. The fourth-order valence-electron chi connectivity index (χ4n) is 7.90. The average molecular weight is 679 g/mol. The van der Waals surface area contributed by atoms with Crippen LogP contribution in [0.2, 0.25) is 0 Å². The molecule has 0 aliphatic heterocycles. The Labute approximate surface area is 308 Å². The number of hydrogen-bond acceptors (Lipinski definition) is 3. The van der Waals surface area contributed by atoms with Gasteiger partial charge in [0.25, 0.3) is 0 Å². The highest BCUT2D eigenvalue weighted by atomic mass is 16.3. The molecule has 3 heteroatoms. The number of furan rings is 1. The van der Waals surface area contributed by atoms with Crippen LogP contribution in [0, 0.1) is 0 Å². The van der Waals surface area contributed by atoms with Crippen molar-refractivity contribution in [2.24, 2.45) is 0 Å². The van der Waals surface area contributed by atoms with E-state index in [9.17, 15) is 0 Å². The van der Waals surface area contributed by atoms with Crippen LogP contribution in [-0.2, 0) is 0 Å². The predicted molar refractivity (Wildman–Crippen MR) is 224 cm³/mol. The van der Waals surface area contributed by atoms with E-state index in [1.165, 1.54) is 10.8 Å². The summed E-state index contributed by atoms with van der Waals surface area (Å²) in [6.45, 7) is 0. The summed E-state index contributed by atoms with van der Waals surface area (Å²) in [5.41, 5.74) is 10.6. The van der Waals surface area contributed by atoms with E-state index >= 15 is 0 Å². The van der Waals surface area contributed by atoms with Crippen molar-refractivity contribution >= 4 is 77.6 Å². The lowest BCUT2D eigenvalue weighted by atomic mass is 9.95. The van der Waals surface area contributed by atoms with Gasteiger partial charge in [-0.15, -0.1) is 0 Å². The molecule has 0 radical (unpaired) electrons. The van der Waals surface area contributed by atoms with Gasteiger partial charge in [-0.2, -0.15) is 0 Å². The zero-order valence-electron chi connectivity index (χ0n) is 28.9. The fourth-order valence-corrected chi connectivity index (χ4v) is 7.90. The zero-order valence-corrected chi connectivity index (χ0v) is 28.9. The van der Waals surface area contributed by atoms with Crippen LogP contribution >= 0.6 is 0 Å². The van der Waals surface area contributed by atoms with Gasteiger partial charge in [0.1, 0.15) is 11.2 Å². The molecular formula is C50H34N2O. The molecule has 53 heavy (non-hydrogen) atoms. The summed E-state index contributed by atoms with van der Waals surface area (Å²) in [5, 5.41) is 6.76. The number of rotatable bonds is 7. The van der Waals surface area contributed by atoms with E-state index in [4.69, 9.17) is 4.42 Å². The van der Waals surface area contributed by atoms with Crippen LogP contribution in [0.5, 0.6) is 0 Å². The molecule has 10 rings (SSSR count). The molecule has 0 aliphatic rings. The van der Waals surface area contributed by atoms with Gasteiger partial charge in [0.05, 0.1) is 17.1 Å². The van der Waals surface area contributed by atoms with Gasteiger partial charge >= 0.3 is 0 Å². The molecule has 10 aromatic rings. The Morgan fingerprint density at radius 1 is 0.321 bits per heavy atom. The van der Waals surface area contributed by atoms with Gasteiger partial charge < -0.3 is 14.2 Å². The lowest BCUT2D eigenvalue weighted by molar-refractivity contribution is 0.673. The first-order valence-corrected chi connectivity index (χ1v) is 18.0. The first-order chi connectivity index (χ1) is 26.3. The monoisotopic (exact) mass is 678 g/mol. The van der Waals surface area contributed by atoms with Gasteiger partial charge in [0, 0.05) is 49.6 Å². The Bertz CT molecular complexity index is 2850. The van der Waals surface area contributed by atoms with Crippen LogP contribution in [-0.4, -0.2) is 0 Å². The molecule has 0 unspecified atom stereocenters. The SMILES string of the molecule is c1ccc(N(c2ccccc2)c2ccccc2-c2cccc3oc4c5ccccc5c(N(c5ccccc5)c5cccc6ccccc56)cc4c23)cc1. The van der Waals surface area contributed by atoms with Crippen LogP contribution in [0.25, 0.3) is 54.6 Å². The predicted octanol–water partition coefficient (Wildman–Crippen LogP) is 14.5. The van der Waals surface area contributed by atoms with E-state index in [1.54, 1.807) is 0 Å². The third-order valence-corrected chi connectivity index (χ3v) is 10.2. The van der Waals surface area contributed by atoms with Gasteiger partial charge in [0.2, 0.25) is 0 Å². The van der Waals surface area contributed by atoms with Crippen molar-refractivity contribution in [3.8, 4) is 11.1 Å². The number of hydrogen-bond donors (Lipinski definition) is 0. The molecule has 0 aliphatic carbocycles. The topological polar surface area (TPSA) is 19.6 Å². The van der Waals surface area contributed by atoms with Crippen molar-refractivity contribution in [3.05, 3.63) is 206 Å². The minimum absolute atomic E-state index is 0.858. The smallest absolute Gasteiger partial charge is 0.143 e. The lowest BCUT2D eigenvalue weighted by Crippen LogP contribution is -2.11. The van der Waals surface area contributed by atoms with E-state index in [-0.39, 0.29) is 0 Å². The Morgan fingerprint density at radius 2 is 0.830 bits per heavy atom. The molecule has 0 N–H and O–H groups in total. The van der Waals surface area contributed by atoms with Crippen LogP contribution in [0.3, 0.4) is 0 Å². The largest absolute Gasteiger partial charge is 0.455 e. The highest BCUT2D eigenvalue weighted by Crippen LogP contribution is 2.49. The third kappa shape index (κ3) is 5.21. The average Bonchev–Trinajstić information content (AvgIpc) is 3.62. The summed E-state index contributed by atoms with van der Waals surface area (Å²) in [6, 6.07) is 73.2. The molecule has 0 bridgehead atoms. The van der Waals surface area contributed by atoms with Gasteiger partial charge in [0.15, 0.2) is 0 Å². The molecule has 250 valence electrons. The summed E-state index contributed by atoms with van der Waals surface area (Å²) in [6.07, 6.45) is 0. The second kappa shape index (κ2) is 12.9. The van der Waals surface area contributed by atoms with Gasteiger partial charge in [-0.1, -0.05) is 146 Å². The number of fused-ring (bicyclic) bond motifs is 6. The molecule has 9 aromatic carbocycles. The van der Waals surface area contributed by atoms with Crippen LogP contribution in [0.4, 0.5) is 34.1 Å². The number of anilines is 6. The molecule has 1 aromatic heterocycles. The number of nitrogens with zero attached hydrogens (tertiary/aromatic N) is 2. The summed E-state index contributed by atoms with van der Waals surface area (Å²) in [4.78, 5) is 4.75.